The van der Waals surface area contributed by atoms with Crippen LogP contribution < -0.4 is 10.6 Å². The van der Waals surface area contributed by atoms with E-state index in [1.165, 1.54) is 0 Å². The van der Waals surface area contributed by atoms with Crippen LogP contribution in [0.15, 0.2) is 89.7 Å². The predicted octanol–water partition coefficient (Wildman–Crippen LogP) is 4.34. The van der Waals surface area contributed by atoms with Crippen LogP contribution in [0.1, 0.15) is 11.1 Å². The average Bonchev–Trinajstić information content (AvgIpc) is 2.62. The molecule has 0 unspecified atom stereocenters. The molecule has 0 bridgehead atoms. The van der Waals surface area contributed by atoms with Gasteiger partial charge in [0.25, 0.3) is 0 Å². The summed E-state index contributed by atoms with van der Waals surface area (Å²) in [5.41, 5.74) is 2.10. The maximum Gasteiger partial charge on any atom is 0.247 e. The Morgan fingerprint density at radius 3 is 1.74 bits per heavy atom. The molecule has 3 heteroatoms. The monoisotopic (exact) mass is 319 g/mol. The van der Waals surface area contributed by atoms with Crippen LogP contribution in [0, 0.1) is 6.92 Å². The Labute approximate surface area is 137 Å². The van der Waals surface area contributed by atoms with Crippen molar-refractivity contribution in [3.63, 3.8) is 0 Å². The number of hydrogen-bond acceptors (Lipinski definition) is 1. The highest BCUT2D eigenvalue weighted by molar-refractivity contribution is 7.77. The summed E-state index contributed by atoms with van der Waals surface area (Å²) in [6, 6.07) is 26.9. The number of aryl methyl sites for hydroxylation is 1. The average molecular weight is 319 g/mol. The van der Waals surface area contributed by atoms with Crippen molar-refractivity contribution in [1.82, 2.24) is 0 Å². The van der Waals surface area contributed by atoms with Crippen LogP contribution >= 0.6 is 7.29 Å². The molecule has 0 aliphatic carbocycles. The summed E-state index contributed by atoms with van der Waals surface area (Å²) in [7, 11) is -3.04. The zero-order valence-corrected chi connectivity index (χ0v) is 13.9. The van der Waals surface area contributed by atoms with E-state index in [-0.39, 0.29) is 0 Å². The summed E-state index contributed by atoms with van der Waals surface area (Å²) < 4.78 is 18.3. The molecule has 0 aliphatic heterocycles. The number of benzene rings is 3. The van der Waals surface area contributed by atoms with Gasteiger partial charge in [0.15, 0.2) is 0 Å². The molecule has 0 aromatic heterocycles. The van der Waals surface area contributed by atoms with Crippen molar-refractivity contribution in [2.45, 2.75) is 6.92 Å². The van der Waals surface area contributed by atoms with Gasteiger partial charge in [-0.2, -0.15) is 0 Å². The normalized spacial score (nSPS) is 11.7. The fourth-order valence-electron chi connectivity index (χ4n) is 2.42. The zero-order valence-electron chi connectivity index (χ0n) is 13.0. The Kier molecular flexibility index (Phi) is 4.55. The summed E-state index contributed by atoms with van der Waals surface area (Å²) in [6.45, 7) is 2.03. The maximum atomic E-state index is 13.7. The molecular weight excluding hydrogens is 301 g/mol. The van der Waals surface area contributed by atoms with Crippen LogP contribution in [0.25, 0.3) is 0 Å². The van der Waals surface area contributed by atoms with Crippen molar-refractivity contribution in [2.24, 2.45) is 4.76 Å². The first kappa shape index (κ1) is 15.5. The fraction of sp³-hybridized carbons (Fsp3) is 0.0500. The van der Waals surface area contributed by atoms with Gasteiger partial charge in [0.05, 0.1) is 0 Å². The van der Waals surface area contributed by atoms with E-state index in [0.717, 1.165) is 21.7 Å². The van der Waals surface area contributed by atoms with E-state index in [2.05, 4.69) is 4.76 Å². The Bertz CT molecular complexity index is 814. The molecule has 0 radical (unpaired) electrons. The van der Waals surface area contributed by atoms with Gasteiger partial charge < -0.3 is 0 Å². The third-order valence-corrected chi connectivity index (χ3v) is 6.20. The molecule has 0 N–H and O–H groups in total. The minimum atomic E-state index is -3.04. The van der Waals surface area contributed by atoms with E-state index in [4.69, 9.17) is 0 Å². The summed E-state index contributed by atoms with van der Waals surface area (Å²) in [5, 5.41) is 1.49. The lowest BCUT2D eigenvalue weighted by molar-refractivity contribution is 0.588. The molecule has 3 rings (SSSR count). The van der Waals surface area contributed by atoms with E-state index in [9.17, 15) is 4.57 Å². The van der Waals surface area contributed by atoms with E-state index in [1.807, 2.05) is 91.9 Å². The standard InChI is InChI=1S/C20H18NOP/c1-17-10-8-9-11-18(17)16-21-23(22,19-12-4-2-5-13-19)20-14-6-3-7-15-20/h2-16H,1H3. The third kappa shape index (κ3) is 3.33. The molecule has 23 heavy (non-hydrogen) atoms. The van der Waals surface area contributed by atoms with Crippen LogP contribution in [0.3, 0.4) is 0 Å². The smallest absolute Gasteiger partial charge is 0.247 e. The van der Waals surface area contributed by atoms with Crippen molar-refractivity contribution < 1.29 is 4.57 Å². The van der Waals surface area contributed by atoms with Gasteiger partial charge in [-0.05, 0) is 42.3 Å². The summed E-state index contributed by atoms with van der Waals surface area (Å²) in [5.74, 6) is 0. The first-order valence-corrected chi connectivity index (χ1v) is 9.18. The fourth-order valence-corrected chi connectivity index (χ4v) is 4.42. The molecule has 0 spiro atoms. The van der Waals surface area contributed by atoms with Crippen LogP contribution in [-0.4, -0.2) is 6.21 Å². The lowest BCUT2D eigenvalue weighted by atomic mass is 10.1. The van der Waals surface area contributed by atoms with Gasteiger partial charge in [-0.3, -0.25) is 4.57 Å². The topological polar surface area (TPSA) is 29.4 Å². The maximum absolute atomic E-state index is 13.7. The third-order valence-electron chi connectivity index (χ3n) is 3.76. The molecule has 2 nitrogen and oxygen atoms in total. The Hall–Kier alpha value is -2.44. The molecule has 114 valence electrons. The van der Waals surface area contributed by atoms with Gasteiger partial charge in [0, 0.05) is 16.8 Å². The van der Waals surface area contributed by atoms with Crippen molar-refractivity contribution in [3.05, 3.63) is 96.1 Å². The molecule has 0 aliphatic rings. The highest BCUT2D eigenvalue weighted by atomic mass is 31.2. The number of nitrogens with zero attached hydrogens (tertiary/aromatic N) is 1. The minimum Gasteiger partial charge on any atom is -0.288 e. The van der Waals surface area contributed by atoms with Gasteiger partial charge in [-0.1, -0.05) is 60.7 Å². The van der Waals surface area contributed by atoms with E-state index >= 15 is 0 Å². The lowest BCUT2D eigenvalue weighted by Gasteiger charge is -2.14. The summed E-state index contributed by atoms with van der Waals surface area (Å²) in [6.07, 6.45) is 1.73. The predicted molar refractivity (Wildman–Crippen MR) is 98.5 cm³/mol. The van der Waals surface area contributed by atoms with E-state index < -0.39 is 7.29 Å². The van der Waals surface area contributed by atoms with Crippen molar-refractivity contribution in [2.75, 3.05) is 0 Å². The Morgan fingerprint density at radius 1 is 0.739 bits per heavy atom. The molecule has 0 atom stereocenters. The largest absolute Gasteiger partial charge is 0.288 e. The first-order valence-electron chi connectivity index (χ1n) is 7.53. The lowest BCUT2D eigenvalue weighted by Crippen LogP contribution is -2.14. The second-order valence-electron chi connectivity index (χ2n) is 5.35. The Morgan fingerprint density at radius 2 is 1.22 bits per heavy atom. The number of hydrogen-bond donors (Lipinski definition) is 0. The second kappa shape index (κ2) is 6.76. The van der Waals surface area contributed by atoms with Crippen molar-refractivity contribution in [1.29, 1.82) is 0 Å². The molecule has 0 fully saturated rings. The summed E-state index contributed by atoms with van der Waals surface area (Å²) >= 11 is 0. The zero-order chi connectivity index (χ0) is 16.1. The van der Waals surface area contributed by atoms with Gasteiger partial charge >= 0.3 is 0 Å². The SMILES string of the molecule is Cc1ccccc1C=NP(=O)(c1ccccc1)c1ccccc1. The molecule has 0 amide bonds. The van der Waals surface area contributed by atoms with Gasteiger partial charge in [0.2, 0.25) is 7.29 Å². The van der Waals surface area contributed by atoms with Crippen LogP contribution in [0.2, 0.25) is 0 Å². The van der Waals surface area contributed by atoms with Crippen molar-refractivity contribution in [3.8, 4) is 0 Å². The van der Waals surface area contributed by atoms with Gasteiger partial charge in [0.1, 0.15) is 0 Å². The van der Waals surface area contributed by atoms with Crippen LogP contribution in [0.5, 0.6) is 0 Å². The molecule has 0 saturated heterocycles. The van der Waals surface area contributed by atoms with Crippen LogP contribution in [0.4, 0.5) is 0 Å². The van der Waals surface area contributed by atoms with Crippen LogP contribution in [-0.2, 0) is 4.57 Å². The Balaban J connectivity index is 2.11. The van der Waals surface area contributed by atoms with Gasteiger partial charge in [-0.15, -0.1) is 0 Å². The van der Waals surface area contributed by atoms with Crippen molar-refractivity contribution >= 4 is 24.1 Å². The second-order valence-corrected chi connectivity index (χ2v) is 7.76. The van der Waals surface area contributed by atoms with E-state index in [0.29, 0.717) is 0 Å². The number of rotatable bonds is 4. The van der Waals surface area contributed by atoms with E-state index in [1.54, 1.807) is 6.21 Å². The molecule has 0 saturated carbocycles. The molecule has 3 aromatic rings. The minimum absolute atomic E-state index is 0.746. The first-order chi connectivity index (χ1) is 11.2. The molecule has 3 aromatic carbocycles. The van der Waals surface area contributed by atoms with Gasteiger partial charge in [-0.25, -0.2) is 4.76 Å². The summed E-state index contributed by atoms with van der Waals surface area (Å²) in [4.78, 5) is 0. The molecular formula is C20H18NOP. The molecule has 0 heterocycles. The highest BCUT2D eigenvalue weighted by Gasteiger charge is 2.25. The highest BCUT2D eigenvalue weighted by Crippen LogP contribution is 2.44. The quantitative estimate of drug-likeness (QED) is 0.519.